The lowest BCUT2D eigenvalue weighted by Gasteiger charge is -2.38. The van der Waals surface area contributed by atoms with Crippen LogP contribution in [0.1, 0.15) is 48.9 Å². The molecule has 0 radical (unpaired) electrons. The van der Waals surface area contributed by atoms with Crippen LogP contribution in [0.4, 0.5) is 23.4 Å². The van der Waals surface area contributed by atoms with Gasteiger partial charge in [-0.2, -0.15) is 18.3 Å². The molecule has 0 bridgehead atoms. The topological polar surface area (TPSA) is 157 Å². The molecule has 2 atom stereocenters. The second-order valence-electron chi connectivity index (χ2n) is 11.3. The van der Waals surface area contributed by atoms with Gasteiger partial charge in [0.1, 0.15) is 29.3 Å². The number of aromatic nitrogens is 4. The number of primary amides is 1. The van der Waals surface area contributed by atoms with Crippen molar-refractivity contribution in [2.45, 2.75) is 57.3 Å². The van der Waals surface area contributed by atoms with E-state index in [-0.39, 0.29) is 39.6 Å². The SMILES string of the molecule is COc1ccc(F)cc1C(C)(C)CC(O)(CNc1nc(C)nc2c1cnn2-c1cccc(C(=O)N[C@H](C)C(N)=O)c1)C(F)(F)F. The standard InChI is InChI=1S/C30H33F4N7O4/c1-16(24(35)42)38-27(43)18-7-6-8-20(11-18)41-26-21(13-37-41)25(39-17(2)40-26)36-15-29(44,30(32,33)34)14-28(3,4)22-12-19(31)9-10-23(22)45-5/h6-13,16,44H,14-15H2,1-5H3,(H2,35,42)(H,38,43)(H,36,39,40)/t16-,29?/m1/s1. The Morgan fingerprint density at radius 1 is 1.13 bits per heavy atom. The number of anilines is 1. The second-order valence-corrected chi connectivity index (χ2v) is 11.3. The number of ether oxygens (including phenoxy) is 1. The number of alkyl halides is 3. The maximum atomic E-state index is 14.5. The average molecular weight is 632 g/mol. The minimum absolute atomic E-state index is 0.0169. The lowest BCUT2D eigenvalue weighted by molar-refractivity contribution is -0.260. The van der Waals surface area contributed by atoms with Crippen LogP contribution in [-0.4, -0.2) is 68.1 Å². The minimum Gasteiger partial charge on any atom is -0.496 e. The van der Waals surface area contributed by atoms with Gasteiger partial charge in [-0.3, -0.25) is 9.59 Å². The van der Waals surface area contributed by atoms with Crippen LogP contribution >= 0.6 is 0 Å². The number of hydrogen-bond donors (Lipinski definition) is 4. The van der Waals surface area contributed by atoms with Crippen LogP contribution in [0.3, 0.4) is 0 Å². The zero-order chi connectivity index (χ0) is 33.3. The number of aryl methyl sites for hydroxylation is 1. The molecule has 5 N–H and O–H groups in total. The molecule has 0 aliphatic heterocycles. The first-order chi connectivity index (χ1) is 21.0. The predicted octanol–water partition coefficient (Wildman–Crippen LogP) is 3.95. The third-order valence-electron chi connectivity index (χ3n) is 7.37. The van der Waals surface area contributed by atoms with Gasteiger partial charge < -0.3 is 26.2 Å². The molecular formula is C30H33F4N7O4. The number of nitrogens with two attached hydrogens (primary N) is 1. The van der Waals surface area contributed by atoms with Crippen molar-refractivity contribution in [2.24, 2.45) is 5.73 Å². The van der Waals surface area contributed by atoms with E-state index in [4.69, 9.17) is 10.5 Å². The number of carbonyl (C=O) groups excluding carboxylic acids is 2. The zero-order valence-electron chi connectivity index (χ0n) is 25.2. The summed E-state index contributed by atoms with van der Waals surface area (Å²) in [5.41, 5.74) is 1.53. The van der Waals surface area contributed by atoms with Crippen LogP contribution in [0.2, 0.25) is 0 Å². The smallest absolute Gasteiger partial charge is 0.418 e. The van der Waals surface area contributed by atoms with Crippen molar-refractivity contribution in [1.82, 2.24) is 25.1 Å². The Labute approximate surface area is 255 Å². The molecule has 4 rings (SSSR count). The molecular weight excluding hydrogens is 598 g/mol. The van der Waals surface area contributed by atoms with Gasteiger partial charge in [0.2, 0.25) is 5.91 Å². The van der Waals surface area contributed by atoms with Gasteiger partial charge in [0.15, 0.2) is 11.2 Å². The van der Waals surface area contributed by atoms with E-state index in [1.165, 1.54) is 63.9 Å². The van der Waals surface area contributed by atoms with Gasteiger partial charge in [-0.15, -0.1) is 0 Å². The summed E-state index contributed by atoms with van der Waals surface area (Å²) in [5, 5.41) is 20.8. The van der Waals surface area contributed by atoms with E-state index >= 15 is 0 Å². The second kappa shape index (κ2) is 12.3. The van der Waals surface area contributed by atoms with E-state index in [1.807, 2.05) is 0 Å². The van der Waals surface area contributed by atoms with E-state index in [9.17, 15) is 32.3 Å². The fourth-order valence-electron chi connectivity index (χ4n) is 5.00. The number of benzene rings is 2. The number of methoxy groups -OCH3 is 1. The number of carbonyl (C=O) groups is 2. The summed E-state index contributed by atoms with van der Waals surface area (Å²) >= 11 is 0. The monoisotopic (exact) mass is 631 g/mol. The highest BCUT2D eigenvalue weighted by Crippen LogP contribution is 2.44. The van der Waals surface area contributed by atoms with Gasteiger partial charge in [0, 0.05) is 11.1 Å². The first-order valence-corrected chi connectivity index (χ1v) is 13.8. The van der Waals surface area contributed by atoms with E-state index < -0.39 is 53.8 Å². The van der Waals surface area contributed by atoms with Crippen LogP contribution in [0, 0.1) is 12.7 Å². The number of nitrogens with one attached hydrogen (secondary N) is 2. The molecule has 4 aromatic rings. The number of halogens is 4. The molecule has 0 fully saturated rings. The van der Waals surface area contributed by atoms with Gasteiger partial charge in [0.25, 0.3) is 5.91 Å². The number of nitrogens with zero attached hydrogens (tertiary/aromatic N) is 4. The van der Waals surface area contributed by atoms with Crippen molar-refractivity contribution in [1.29, 1.82) is 0 Å². The van der Waals surface area contributed by atoms with E-state index in [1.54, 1.807) is 12.1 Å². The van der Waals surface area contributed by atoms with E-state index in [2.05, 4.69) is 25.7 Å². The van der Waals surface area contributed by atoms with Gasteiger partial charge in [0.05, 0.1) is 30.9 Å². The normalized spacial score (nSPS) is 14.1. The summed E-state index contributed by atoms with van der Waals surface area (Å²) in [6.45, 7) is 4.90. The molecule has 45 heavy (non-hydrogen) atoms. The first-order valence-electron chi connectivity index (χ1n) is 13.8. The molecule has 2 aromatic carbocycles. The quantitative estimate of drug-likeness (QED) is 0.181. The number of fused-ring (bicyclic) bond motifs is 1. The highest BCUT2D eigenvalue weighted by atomic mass is 19.4. The molecule has 2 heterocycles. The molecule has 11 nitrogen and oxygen atoms in total. The van der Waals surface area contributed by atoms with Crippen molar-refractivity contribution in [2.75, 3.05) is 19.0 Å². The highest BCUT2D eigenvalue weighted by Gasteiger charge is 2.56. The first kappa shape index (κ1) is 33.1. The van der Waals surface area contributed by atoms with Crippen LogP contribution in [0.5, 0.6) is 5.75 Å². The molecule has 2 amide bonds. The molecule has 15 heteroatoms. The van der Waals surface area contributed by atoms with Crippen molar-refractivity contribution in [3.8, 4) is 11.4 Å². The van der Waals surface area contributed by atoms with Crippen molar-refractivity contribution in [3.05, 3.63) is 71.4 Å². The molecule has 0 aliphatic rings. The maximum Gasteiger partial charge on any atom is 0.418 e. The van der Waals surface area contributed by atoms with Gasteiger partial charge >= 0.3 is 6.18 Å². The maximum absolute atomic E-state index is 14.5. The molecule has 0 saturated heterocycles. The largest absolute Gasteiger partial charge is 0.496 e. The van der Waals surface area contributed by atoms with Crippen LogP contribution < -0.4 is 21.1 Å². The average Bonchev–Trinajstić information content (AvgIpc) is 3.39. The number of hydrogen-bond acceptors (Lipinski definition) is 8. The Hall–Kier alpha value is -4.79. The Morgan fingerprint density at radius 2 is 1.84 bits per heavy atom. The number of amides is 2. The number of rotatable bonds is 11. The van der Waals surface area contributed by atoms with Crippen molar-refractivity contribution >= 4 is 28.7 Å². The summed E-state index contributed by atoms with van der Waals surface area (Å²) < 4.78 is 64.1. The van der Waals surface area contributed by atoms with E-state index in [0.29, 0.717) is 5.69 Å². The Morgan fingerprint density at radius 3 is 2.49 bits per heavy atom. The molecule has 1 unspecified atom stereocenters. The molecule has 240 valence electrons. The van der Waals surface area contributed by atoms with Crippen LogP contribution in [-0.2, 0) is 10.2 Å². The minimum atomic E-state index is -5.09. The highest BCUT2D eigenvalue weighted by molar-refractivity contribution is 5.97. The lowest BCUT2D eigenvalue weighted by Crippen LogP contribution is -2.53. The number of aliphatic hydroxyl groups is 1. The summed E-state index contributed by atoms with van der Waals surface area (Å²) in [6.07, 6.45) is -4.59. The molecule has 0 aliphatic carbocycles. The Kier molecular flexibility index (Phi) is 9.05. The summed E-state index contributed by atoms with van der Waals surface area (Å²) in [6, 6.07) is 8.86. The Balaban J connectivity index is 1.66. The fraction of sp³-hybridized carbons (Fsp3) is 0.367. The van der Waals surface area contributed by atoms with Gasteiger partial charge in [-0.05, 0) is 62.1 Å². The summed E-state index contributed by atoms with van der Waals surface area (Å²) in [5.74, 6) is -1.57. The van der Waals surface area contributed by atoms with Crippen LogP contribution in [0.25, 0.3) is 16.7 Å². The molecule has 0 spiro atoms. The fourth-order valence-corrected chi connectivity index (χ4v) is 5.00. The summed E-state index contributed by atoms with van der Waals surface area (Å²) in [4.78, 5) is 32.6. The third-order valence-corrected chi connectivity index (χ3v) is 7.37. The third kappa shape index (κ3) is 6.98. The van der Waals surface area contributed by atoms with Gasteiger partial charge in [-0.1, -0.05) is 19.9 Å². The predicted molar refractivity (Wildman–Crippen MR) is 158 cm³/mol. The molecule has 2 aromatic heterocycles. The molecule has 0 saturated carbocycles. The van der Waals surface area contributed by atoms with Crippen LogP contribution in [0.15, 0.2) is 48.7 Å². The van der Waals surface area contributed by atoms with Crippen molar-refractivity contribution in [3.63, 3.8) is 0 Å². The summed E-state index contributed by atoms with van der Waals surface area (Å²) in [7, 11) is 1.32. The Bertz CT molecular complexity index is 1740. The van der Waals surface area contributed by atoms with Gasteiger partial charge in [-0.25, -0.2) is 19.0 Å². The van der Waals surface area contributed by atoms with Crippen molar-refractivity contribution < 1.29 is 37.0 Å². The zero-order valence-corrected chi connectivity index (χ0v) is 25.2. The lowest BCUT2D eigenvalue weighted by atomic mass is 9.74. The van der Waals surface area contributed by atoms with E-state index in [0.717, 1.165) is 12.1 Å².